The molecule has 1 nitrogen and oxygen atoms in total. The van der Waals surface area contributed by atoms with Crippen LogP contribution in [-0.4, -0.2) is 4.98 Å². The number of nitrogens with zero attached hydrogens (tertiary/aromatic N) is 1. The summed E-state index contributed by atoms with van der Waals surface area (Å²) in [6.45, 7) is 9.18. The zero-order valence-electron chi connectivity index (χ0n) is 13.8. The van der Waals surface area contributed by atoms with Crippen LogP contribution in [0.1, 0.15) is 44.8 Å². The average molecular weight is 330 g/mol. The molecule has 0 fully saturated rings. The Kier molecular flexibility index (Phi) is 4.84. The van der Waals surface area contributed by atoms with E-state index in [1.165, 1.54) is 44.8 Å². The number of hydrogen-bond acceptors (Lipinski definition) is 3. The minimum Gasteiger partial charge on any atom is -0.256 e. The first-order chi connectivity index (χ1) is 10.6. The van der Waals surface area contributed by atoms with Gasteiger partial charge < -0.3 is 0 Å². The summed E-state index contributed by atoms with van der Waals surface area (Å²) in [7, 11) is 0. The number of thioether (sulfide) groups is 2. The quantitative estimate of drug-likeness (QED) is 0.634. The Labute approximate surface area is 142 Å². The van der Waals surface area contributed by atoms with E-state index in [9.17, 15) is 0 Å². The third-order valence-corrected chi connectivity index (χ3v) is 6.78. The van der Waals surface area contributed by atoms with Gasteiger partial charge in [0.05, 0.1) is 11.4 Å². The van der Waals surface area contributed by atoms with Crippen LogP contribution < -0.4 is 0 Å². The number of benzene rings is 1. The lowest BCUT2D eigenvalue weighted by Crippen LogP contribution is -2.04. The molecule has 0 amide bonds. The summed E-state index contributed by atoms with van der Waals surface area (Å²) in [5, 5.41) is 0. The molecule has 0 aliphatic carbocycles. The minimum atomic E-state index is 0.997. The van der Waals surface area contributed by atoms with Crippen LogP contribution in [-0.2, 0) is 23.0 Å². The van der Waals surface area contributed by atoms with Crippen LogP contribution in [0.25, 0.3) is 0 Å². The van der Waals surface area contributed by atoms with Gasteiger partial charge in [0.15, 0.2) is 0 Å². The highest BCUT2D eigenvalue weighted by Gasteiger charge is 2.15. The van der Waals surface area contributed by atoms with Crippen LogP contribution in [0, 0.1) is 27.7 Å². The minimum absolute atomic E-state index is 0.997. The zero-order valence-corrected chi connectivity index (χ0v) is 15.5. The van der Waals surface area contributed by atoms with Gasteiger partial charge in [-0.05, 0) is 73.2 Å². The van der Waals surface area contributed by atoms with Gasteiger partial charge in [-0.2, -0.15) is 23.5 Å². The third kappa shape index (κ3) is 3.07. The van der Waals surface area contributed by atoms with E-state index in [1.807, 2.05) is 23.5 Å². The predicted molar refractivity (Wildman–Crippen MR) is 99.6 cm³/mol. The molecule has 2 aromatic rings. The fourth-order valence-electron chi connectivity index (χ4n) is 3.11. The van der Waals surface area contributed by atoms with E-state index in [2.05, 4.69) is 45.9 Å². The Morgan fingerprint density at radius 2 is 1.09 bits per heavy atom. The van der Waals surface area contributed by atoms with Gasteiger partial charge in [0.1, 0.15) is 0 Å². The smallest absolute Gasteiger partial charge is 0.0506 e. The van der Waals surface area contributed by atoms with E-state index in [-0.39, 0.29) is 0 Å². The molecule has 2 aliphatic rings. The Morgan fingerprint density at radius 3 is 1.50 bits per heavy atom. The maximum absolute atomic E-state index is 4.80. The second kappa shape index (κ2) is 6.67. The summed E-state index contributed by atoms with van der Waals surface area (Å²) < 4.78 is 0. The summed E-state index contributed by atoms with van der Waals surface area (Å²) in [4.78, 5) is 4.80. The lowest BCUT2D eigenvalue weighted by atomic mass is 9.90. The van der Waals surface area contributed by atoms with E-state index in [0.29, 0.717) is 0 Å². The molecule has 0 unspecified atom stereocenters. The summed E-state index contributed by atoms with van der Waals surface area (Å²) in [6.07, 6.45) is 0. The van der Waals surface area contributed by atoms with Crippen molar-refractivity contribution in [2.45, 2.75) is 50.7 Å². The van der Waals surface area contributed by atoms with Crippen molar-refractivity contribution in [3.05, 3.63) is 63.0 Å². The van der Waals surface area contributed by atoms with Crippen molar-refractivity contribution in [2.24, 2.45) is 0 Å². The molecule has 2 aliphatic heterocycles. The summed E-state index contributed by atoms with van der Waals surface area (Å²) in [5.41, 5.74) is 11.4. The molecule has 0 atom stereocenters. The third-order valence-electron chi connectivity index (χ3n) is 4.79. The largest absolute Gasteiger partial charge is 0.256 e. The van der Waals surface area contributed by atoms with Crippen molar-refractivity contribution < 1.29 is 0 Å². The van der Waals surface area contributed by atoms with Gasteiger partial charge in [0.25, 0.3) is 0 Å². The molecule has 3 heterocycles. The van der Waals surface area contributed by atoms with E-state index in [0.717, 1.165) is 23.0 Å². The van der Waals surface area contributed by atoms with Crippen LogP contribution in [0.3, 0.4) is 0 Å². The molecular weight excluding hydrogens is 306 g/mol. The van der Waals surface area contributed by atoms with Crippen LogP contribution in [0.2, 0.25) is 0 Å². The normalized spacial score (nSPS) is 15.1. The SMILES string of the molecule is Cc1c(C)c2c(C)c(C)c1CSCc1cccc(n1)CSC2. The molecule has 22 heavy (non-hydrogen) atoms. The number of rotatable bonds is 0. The second-order valence-corrected chi connectivity index (χ2v) is 8.03. The van der Waals surface area contributed by atoms with Gasteiger partial charge in [-0.1, -0.05) is 6.07 Å². The second-order valence-electron chi connectivity index (χ2n) is 6.06. The molecule has 0 N–H and O–H groups in total. The van der Waals surface area contributed by atoms with Crippen molar-refractivity contribution in [3.63, 3.8) is 0 Å². The van der Waals surface area contributed by atoms with Gasteiger partial charge in [0, 0.05) is 23.0 Å². The Morgan fingerprint density at radius 1 is 0.682 bits per heavy atom. The van der Waals surface area contributed by atoms with E-state index < -0.39 is 0 Å². The molecule has 0 saturated carbocycles. The molecule has 3 heteroatoms. The zero-order chi connectivity index (χ0) is 15.7. The monoisotopic (exact) mass is 329 g/mol. The van der Waals surface area contributed by atoms with Crippen LogP contribution >= 0.6 is 23.5 Å². The number of fused-ring (bicyclic) bond motifs is 6. The first-order valence-electron chi connectivity index (χ1n) is 7.76. The lowest BCUT2D eigenvalue weighted by Gasteiger charge is -2.20. The summed E-state index contributed by atoms with van der Waals surface area (Å²) in [5.74, 6) is 4.16. The topological polar surface area (TPSA) is 12.9 Å². The molecule has 116 valence electrons. The maximum atomic E-state index is 4.80. The highest BCUT2D eigenvalue weighted by Crippen LogP contribution is 2.33. The average Bonchev–Trinajstić information content (AvgIpc) is 2.53. The fraction of sp³-hybridized carbons (Fsp3) is 0.421. The Hall–Kier alpha value is -0.930. The van der Waals surface area contributed by atoms with Crippen molar-refractivity contribution in [1.82, 2.24) is 4.98 Å². The highest BCUT2D eigenvalue weighted by molar-refractivity contribution is 7.98. The van der Waals surface area contributed by atoms with Gasteiger partial charge in [-0.25, -0.2) is 0 Å². The van der Waals surface area contributed by atoms with Gasteiger partial charge >= 0.3 is 0 Å². The number of pyridine rings is 1. The van der Waals surface area contributed by atoms with Crippen molar-refractivity contribution in [2.75, 3.05) is 0 Å². The molecule has 1 aromatic carbocycles. The lowest BCUT2D eigenvalue weighted by molar-refractivity contribution is 1.09. The first-order valence-corrected chi connectivity index (χ1v) is 10.1. The van der Waals surface area contributed by atoms with E-state index >= 15 is 0 Å². The standard InChI is InChI=1S/C19H23NS2/c1-12-13(2)19-11-22-9-17-7-5-6-16(20-17)8-21-10-18(12)14(3)15(19)4/h5-7H,8-11H2,1-4H3. The molecule has 4 rings (SSSR count). The van der Waals surface area contributed by atoms with E-state index in [1.54, 1.807) is 0 Å². The maximum Gasteiger partial charge on any atom is 0.0506 e. The van der Waals surface area contributed by atoms with Crippen molar-refractivity contribution in [3.8, 4) is 0 Å². The van der Waals surface area contributed by atoms with Gasteiger partial charge in [0.2, 0.25) is 0 Å². The molecule has 4 bridgehead atoms. The molecular formula is C19H23NS2. The number of aromatic nitrogens is 1. The number of hydrogen-bond donors (Lipinski definition) is 0. The van der Waals surface area contributed by atoms with Crippen LogP contribution in [0.5, 0.6) is 0 Å². The van der Waals surface area contributed by atoms with Crippen LogP contribution in [0.4, 0.5) is 0 Å². The molecule has 1 aromatic heterocycles. The molecule has 0 saturated heterocycles. The molecule has 0 radical (unpaired) electrons. The fourth-order valence-corrected chi connectivity index (χ4v) is 5.32. The van der Waals surface area contributed by atoms with Gasteiger partial charge in [-0.15, -0.1) is 0 Å². The predicted octanol–water partition coefficient (Wildman–Crippen LogP) is 5.50. The summed E-state index contributed by atoms with van der Waals surface area (Å²) >= 11 is 3.96. The Balaban J connectivity index is 2.03. The van der Waals surface area contributed by atoms with E-state index in [4.69, 9.17) is 4.98 Å². The summed E-state index contributed by atoms with van der Waals surface area (Å²) in [6, 6.07) is 6.45. The van der Waals surface area contributed by atoms with Crippen molar-refractivity contribution in [1.29, 1.82) is 0 Å². The van der Waals surface area contributed by atoms with Crippen LogP contribution in [0.15, 0.2) is 18.2 Å². The molecule has 0 spiro atoms. The van der Waals surface area contributed by atoms with Crippen molar-refractivity contribution >= 4 is 23.5 Å². The Bertz CT molecular complexity index is 622. The highest BCUT2D eigenvalue weighted by atomic mass is 32.2. The first kappa shape index (κ1) is 15.9. The van der Waals surface area contributed by atoms with Gasteiger partial charge in [-0.3, -0.25) is 4.98 Å².